The first kappa shape index (κ1) is 15.1. The van der Waals surface area contributed by atoms with Gasteiger partial charge in [0.1, 0.15) is 0 Å². The van der Waals surface area contributed by atoms with Crippen molar-refractivity contribution in [2.75, 3.05) is 25.4 Å². The van der Waals surface area contributed by atoms with Gasteiger partial charge in [0.05, 0.1) is 10.6 Å². The lowest BCUT2D eigenvalue weighted by Crippen LogP contribution is -2.43. The van der Waals surface area contributed by atoms with Crippen LogP contribution in [0.2, 0.25) is 5.02 Å². The molecule has 20 heavy (non-hydrogen) atoms. The van der Waals surface area contributed by atoms with Crippen LogP contribution in [0.4, 0.5) is 5.69 Å². The van der Waals surface area contributed by atoms with Crippen LogP contribution < -0.4 is 11.1 Å². The van der Waals surface area contributed by atoms with Gasteiger partial charge in [0.25, 0.3) is 5.91 Å². The van der Waals surface area contributed by atoms with Gasteiger partial charge in [-0.15, -0.1) is 0 Å². The highest BCUT2D eigenvalue weighted by Crippen LogP contribution is 2.19. The average molecular weight is 296 g/mol. The Labute approximate surface area is 125 Å². The van der Waals surface area contributed by atoms with E-state index in [9.17, 15) is 4.79 Å². The number of amides is 1. The third kappa shape index (κ3) is 4.12. The number of likely N-dealkylation sites (tertiary alicyclic amines) is 1. The van der Waals surface area contributed by atoms with Crippen LogP contribution in [-0.4, -0.2) is 36.5 Å². The Kier molecular flexibility index (Phi) is 5.26. The molecule has 4 nitrogen and oxygen atoms in total. The molecule has 0 radical (unpaired) electrons. The number of hydrogen-bond acceptors (Lipinski definition) is 3. The van der Waals surface area contributed by atoms with E-state index in [0.29, 0.717) is 16.3 Å². The molecule has 1 aliphatic rings. The maximum atomic E-state index is 12.2. The molecular formula is C15H22ClN3O. The summed E-state index contributed by atoms with van der Waals surface area (Å²) in [4.78, 5) is 14.6. The molecule has 0 aromatic heterocycles. The first-order chi connectivity index (χ1) is 9.56. The van der Waals surface area contributed by atoms with Crippen LogP contribution in [0.3, 0.4) is 0 Å². The van der Waals surface area contributed by atoms with Gasteiger partial charge in [0.15, 0.2) is 0 Å². The van der Waals surface area contributed by atoms with E-state index in [-0.39, 0.29) is 11.9 Å². The van der Waals surface area contributed by atoms with E-state index in [1.165, 1.54) is 19.3 Å². The summed E-state index contributed by atoms with van der Waals surface area (Å²) >= 11 is 6.05. The minimum Gasteiger partial charge on any atom is -0.399 e. The second kappa shape index (κ2) is 6.95. The van der Waals surface area contributed by atoms with Crippen molar-refractivity contribution in [3.05, 3.63) is 28.8 Å². The van der Waals surface area contributed by atoms with Crippen LogP contribution in [0.25, 0.3) is 0 Å². The maximum absolute atomic E-state index is 12.2. The molecule has 1 unspecified atom stereocenters. The minimum absolute atomic E-state index is 0.106. The van der Waals surface area contributed by atoms with Gasteiger partial charge in [-0.2, -0.15) is 0 Å². The Bertz CT molecular complexity index is 472. The Morgan fingerprint density at radius 3 is 2.75 bits per heavy atom. The molecule has 2 rings (SSSR count). The quantitative estimate of drug-likeness (QED) is 0.839. The van der Waals surface area contributed by atoms with E-state index in [4.69, 9.17) is 17.3 Å². The Balaban J connectivity index is 1.89. The molecule has 5 heteroatoms. The summed E-state index contributed by atoms with van der Waals surface area (Å²) in [6.45, 7) is 5.17. The number of carbonyl (C=O) groups is 1. The fourth-order valence-corrected chi connectivity index (χ4v) is 2.87. The lowest BCUT2D eigenvalue weighted by Gasteiger charge is -2.29. The lowest BCUT2D eigenvalue weighted by molar-refractivity contribution is 0.0926. The van der Waals surface area contributed by atoms with Gasteiger partial charge in [0, 0.05) is 18.3 Å². The number of piperidine rings is 1. The summed E-state index contributed by atoms with van der Waals surface area (Å²) in [7, 11) is 0. The maximum Gasteiger partial charge on any atom is 0.253 e. The van der Waals surface area contributed by atoms with Crippen LogP contribution in [0.5, 0.6) is 0 Å². The summed E-state index contributed by atoms with van der Waals surface area (Å²) < 4.78 is 0. The molecule has 0 bridgehead atoms. The Morgan fingerprint density at radius 1 is 1.40 bits per heavy atom. The summed E-state index contributed by atoms with van der Waals surface area (Å²) in [6, 6.07) is 5.07. The first-order valence-electron chi connectivity index (χ1n) is 7.14. The van der Waals surface area contributed by atoms with Crippen molar-refractivity contribution >= 4 is 23.2 Å². The topological polar surface area (TPSA) is 58.4 Å². The van der Waals surface area contributed by atoms with Crippen molar-refractivity contribution in [2.24, 2.45) is 0 Å². The molecule has 1 atom stereocenters. The number of anilines is 1. The molecule has 110 valence electrons. The Hall–Kier alpha value is -1.26. The number of hydrogen-bond donors (Lipinski definition) is 2. The van der Waals surface area contributed by atoms with Crippen molar-refractivity contribution in [3.8, 4) is 0 Å². The van der Waals surface area contributed by atoms with Crippen molar-refractivity contribution in [2.45, 2.75) is 32.2 Å². The minimum atomic E-state index is -0.139. The molecule has 3 N–H and O–H groups in total. The molecule has 1 saturated heterocycles. The zero-order valence-corrected chi connectivity index (χ0v) is 12.6. The van der Waals surface area contributed by atoms with Crippen LogP contribution in [0.1, 0.15) is 36.5 Å². The smallest absolute Gasteiger partial charge is 0.253 e. The SMILES string of the molecule is CC(CN1CCCCC1)NC(=O)c1ccc(N)cc1Cl. The zero-order chi connectivity index (χ0) is 14.5. The molecule has 1 amide bonds. The highest BCUT2D eigenvalue weighted by molar-refractivity contribution is 6.34. The summed E-state index contributed by atoms with van der Waals surface area (Å²) in [5.74, 6) is -0.139. The van der Waals surface area contributed by atoms with Crippen LogP contribution in [0.15, 0.2) is 18.2 Å². The lowest BCUT2D eigenvalue weighted by atomic mass is 10.1. The second-order valence-electron chi connectivity index (χ2n) is 5.48. The van der Waals surface area contributed by atoms with Crippen molar-refractivity contribution in [1.29, 1.82) is 0 Å². The molecule has 1 heterocycles. The van der Waals surface area contributed by atoms with E-state index in [1.807, 2.05) is 6.92 Å². The van der Waals surface area contributed by atoms with E-state index >= 15 is 0 Å². The number of nitrogen functional groups attached to an aromatic ring is 1. The monoisotopic (exact) mass is 295 g/mol. The van der Waals surface area contributed by atoms with Crippen LogP contribution >= 0.6 is 11.6 Å². The van der Waals surface area contributed by atoms with Crippen LogP contribution in [0, 0.1) is 0 Å². The van der Waals surface area contributed by atoms with E-state index in [2.05, 4.69) is 10.2 Å². The molecule has 1 aromatic rings. The zero-order valence-electron chi connectivity index (χ0n) is 11.9. The second-order valence-corrected chi connectivity index (χ2v) is 5.88. The van der Waals surface area contributed by atoms with Gasteiger partial charge in [-0.3, -0.25) is 4.79 Å². The van der Waals surface area contributed by atoms with Crippen LogP contribution in [-0.2, 0) is 0 Å². The van der Waals surface area contributed by atoms with Gasteiger partial charge in [-0.1, -0.05) is 18.0 Å². The number of nitrogens with two attached hydrogens (primary N) is 1. The van der Waals surface area contributed by atoms with E-state index in [1.54, 1.807) is 18.2 Å². The van der Waals surface area contributed by atoms with E-state index in [0.717, 1.165) is 19.6 Å². The van der Waals surface area contributed by atoms with E-state index < -0.39 is 0 Å². The molecule has 1 aromatic carbocycles. The van der Waals surface area contributed by atoms with Crippen molar-refractivity contribution in [3.63, 3.8) is 0 Å². The van der Waals surface area contributed by atoms with Crippen molar-refractivity contribution < 1.29 is 4.79 Å². The third-order valence-electron chi connectivity index (χ3n) is 3.60. The molecular weight excluding hydrogens is 274 g/mol. The molecule has 0 saturated carbocycles. The number of rotatable bonds is 4. The predicted molar refractivity (Wildman–Crippen MR) is 83.1 cm³/mol. The van der Waals surface area contributed by atoms with Gasteiger partial charge < -0.3 is 16.0 Å². The highest BCUT2D eigenvalue weighted by atomic mass is 35.5. The highest BCUT2D eigenvalue weighted by Gasteiger charge is 2.17. The largest absolute Gasteiger partial charge is 0.399 e. The average Bonchev–Trinajstić information content (AvgIpc) is 2.39. The molecule has 0 aliphatic carbocycles. The summed E-state index contributed by atoms with van der Waals surface area (Å²) in [6.07, 6.45) is 3.83. The predicted octanol–water partition coefficient (Wildman–Crippen LogP) is 2.53. The normalized spacial score (nSPS) is 17.7. The third-order valence-corrected chi connectivity index (χ3v) is 3.91. The number of nitrogens with zero attached hydrogens (tertiary/aromatic N) is 1. The molecule has 1 fully saturated rings. The molecule has 0 spiro atoms. The van der Waals surface area contributed by atoms with Gasteiger partial charge in [-0.25, -0.2) is 0 Å². The standard InChI is InChI=1S/C15H22ClN3O/c1-11(10-19-7-3-2-4-8-19)18-15(20)13-6-5-12(17)9-14(13)16/h5-6,9,11H,2-4,7-8,10,17H2,1H3,(H,18,20). The first-order valence-corrected chi connectivity index (χ1v) is 7.52. The van der Waals surface area contributed by atoms with Gasteiger partial charge in [-0.05, 0) is 51.1 Å². The molecule has 1 aliphatic heterocycles. The number of carbonyl (C=O) groups excluding carboxylic acids is 1. The fourth-order valence-electron chi connectivity index (χ4n) is 2.59. The Morgan fingerprint density at radius 2 is 2.10 bits per heavy atom. The summed E-state index contributed by atoms with van der Waals surface area (Å²) in [5, 5.41) is 3.39. The van der Waals surface area contributed by atoms with Crippen molar-refractivity contribution in [1.82, 2.24) is 10.2 Å². The summed E-state index contributed by atoms with van der Waals surface area (Å²) in [5.41, 5.74) is 6.67. The van der Waals surface area contributed by atoms with Gasteiger partial charge in [0.2, 0.25) is 0 Å². The number of halogens is 1. The number of nitrogens with one attached hydrogen (secondary N) is 1. The number of benzene rings is 1. The fraction of sp³-hybridized carbons (Fsp3) is 0.533. The van der Waals surface area contributed by atoms with Gasteiger partial charge >= 0.3 is 0 Å².